The summed E-state index contributed by atoms with van der Waals surface area (Å²) in [7, 11) is 0. The van der Waals surface area contributed by atoms with Gasteiger partial charge >= 0.3 is 0 Å². The quantitative estimate of drug-likeness (QED) is 0.812. The number of nitrogens with one attached hydrogen (secondary N) is 1. The third-order valence-corrected chi connectivity index (χ3v) is 3.17. The maximum Gasteiger partial charge on any atom is 0.254 e. The molecule has 1 aliphatic heterocycles. The van der Waals surface area contributed by atoms with Crippen molar-refractivity contribution in [2.75, 3.05) is 19.7 Å². The van der Waals surface area contributed by atoms with Gasteiger partial charge in [-0.25, -0.2) is 0 Å². The predicted molar refractivity (Wildman–Crippen MR) is 67.5 cm³/mol. The van der Waals surface area contributed by atoms with Crippen LogP contribution in [0.15, 0.2) is 4.52 Å². The van der Waals surface area contributed by atoms with Crippen LogP contribution in [0.25, 0.3) is 0 Å². The average Bonchev–Trinajstić information content (AvgIpc) is 2.81. The summed E-state index contributed by atoms with van der Waals surface area (Å²) in [5.74, 6) is 0.468. The van der Waals surface area contributed by atoms with Crippen molar-refractivity contribution in [2.45, 2.75) is 32.9 Å². The molecule has 2 amide bonds. The molecule has 1 atom stereocenters. The van der Waals surface area contributed by atoms with Gasteiger partial charge in [-0.05, 0) is 13.8 Å². The smallest absolute Gasteiger partial charge is 0.254 e. The van der Waals surface area contributed by atoms with E-state index in [4.69, 9.17) is 9.26 Å². The molecular weight excluding hydrogens is 264 g/mol. The van der Waals surface area contributed by atoms with E-state index in [1.807, 2.05) is 0 Å². The van der Waals surface area contributed by atoms with E-state index in [0.717, 1.165) is 0 Å². The van der Waals surface area contributed by atoms with Gasteiger partial charge in [0.25, 0.3) is 5.91 Å². The van der Waals surface area contributed by atoms with Crippen molar-refractivity contribution < 1.29 is 18.8 Å². The molecule has 20 heavy (non-hydrogen) atoms. The molecule has 0 saturated carbocycles. The van der Waals surface area contributed by atoms with E-state index in [-0.39, 0.29) is 24.9 Å². The first-order valence-corrected chi connectivity index (χ1v) is 6.38. The van der Waals surface area contributed by atoms with Crippen LogP contribution < -0.4 is 5.32 Å². The number of ether oxygens (including phenoxy) is 1. The lowest BCUT2D eigenvalue weighted by molar-refractivity contribution is -0.162. The van der Waals surface area contributed by atoms with Crippen molar-refractivity contribution in [2.24, 2.45) is 0 Å². The monoisotopic (exact) mass is 282 g/mol. The van der Waals surface area contributed by atoms with E-state index >= 15 is 0 Å². The second kappa shape index (κ2) is 5.58. The van der Waals surface area contributed by atoms with E-state index in [2.05, 4.69) is 15.5 Å². The van der Waals surface area contributed by atoms with Crippen molar-refractivity contribution in [3.8, 4) is 0 Å². The number of aryl methyl sites for hydroxylation is 1. The summed E-state index contributed by atoms with van der Waals surface area (Å²) in [6, 6.07) is 0. The highest BCUT2D eigenvalue weighted by Gasteiger charge is 2.40. The van der Waals surface area contributed by atoms with Gasteiger partial charge in [-0.15, -0.1) is 0 Å². The summed E-state index contributed by atoms with van der Waals surface area (Å²) in [6.07, 6.45) is 0. The van der Waals surface area contributed by atoms with Crippen LogP contribution in [0.1, 0.15) is 25.6 Å². The van der Waals surface area contributed by atoms with Crippen LogP contribution in [0.4, 0.5) is 0 Å². The third-order valence-electron chi connectivity index (χ3n) is 3.17. The number of hydrogen-bond acceptors (Lipinski definition) is 6. The van der Waals surface area contributed by atoms with Gasteiger partial charge in [0.1, 0.15) is 0 Å². The largest absolute Gasteiger partial charge is 0.362 e. The zero-order chi connectivity index (χ0) is 14.8. The molecule has 0 aromatic carbocycles. The first-order valence-electron chi connectivity index (χ1n) is 6.38. The first-order chi connectivity index (χ1) is 9.40. The molecule has 1 unspecified atom stereocenters. The molecule has 0 radical (unpaired) electrons. The summed E-state index contributed by atoms with van der Waals surface area (Å²) in [5.41, 5.74) is -1.06. The molecule has 1 aliphatic rings. The number of nitrogens with zero attached hydrogens (tertiary/aromatic N) is 3. The summed E-state index contributed by atoms with van der Waals surface area (Å²) in [6.45, 7) is 6.05. The van der Waals surface area contributed by atoms with Crippen LogP contribution in [-0.4, -0.2) is 52.2 Å². The van der Waals surface area contributed by atoms with Gasteiger partial charge < -0.3 is 19.5 Å². The number of morpholine rings is 1. The van der Waals surface area contributed by atoms with E-state index in [9.17, 15) is 9.59 Å². The number of aromatic nitrogens is 2. The standard InChI is InChI=1S/C12H18N4O4/c1-8-14-10(20-15-8)6-13-11(18)12(3)7-16(9(2)17)4-5-19-12/h4-7H2,1-3H3,(H,13,18). The van der Waals surface area contributed by atoms with E-state index in [0.29, 0.717) is 24.9 Å². The Balaban J connectivity index is 1.94. The lowest BCUT2D eigenvalue weighted by atomic mass is 10.0. The molecular formula is C12H18N4O4. The molecule has 1 aromatic rings. The normalized spacial score (nSPS) is 22.6. The van der Waals surface area contributed by atoms with Crippen LogP contribution >= 0.6 is 0 Å². The van der Waals surface area contributed by atoms with Crippen molar-refractivity contribution in [3.05, 3.63) is 11.7 Å². The van der Waals surface area contributed by atoms with E-state index in [1.165, 1.54) is 6.92 Å². The van der Waals surface area contributed by atoms with Crippen LogP contribution in [0.5, 0.6) is 0 Å². The summed E-state index contributed by atoms with van der Waals surface area (Å²) in [5, 5.41) is 6.32. The van der Waals surface area contributed by atoms with Crippen molar-refractivity contribution >= 4 is 11.8 Å². The molecule has 8 nitrogen and oxygen atoms in total. The number of carbonyl (C=O) groups is 2. The molecule has 110 valence electrons. The molecule has 0 aliphatic carbocycles. The Kier molecular flexibility index (Phi) is 4.03. The minimum atomic E-state index is -1.06. The minimum absolute atomic E-state index is 0.0696. The minimum Gasteiger partial charge on any atom is -0.362 e. The highest BCUT2D eigenvalue weighted by atomic mass is 16.5. The van der Waals surface area contributed by atoms with Gasteiger partial charge in [-0.3, -0.25) is 9.59 Å². The predicted octanol–water partition coefficient (Wildman–Crippen LogP) is -0.368. The Bertz CT molecular complexity index is 515. The molecule has 1 aromatic heterocycles. The molecule has 1 fully saturated rings. The zero-order valence-electron chi connectivity index (χ0n) is 11.8. The summed E-state index contributed by atoms with van der Waals surface area (Å²) in [4.78, 5) is 29.2. The summed E-state index contributed by atoms with van der Waals surface area (Å²) >= 11 is 0. The van der Waals surface area contributed by atoms with Crippen molar-refractivity contribution in [1.82, 2.24) is 20.4 Å². The van der Waals surface area contributed by atoms with Gasteiger partial charge in [0.2, 0.25) is 11.8 Å². The van der Waals surface area contributed by atoms with Crippen molar-refractivity contribution in [1.29, 1.82) is 0 Å². The Morgan fingerprint density at radius 2 is 2.25 bits per heavy atom. The second-order valence-electron chi connectivity index (χ2n) is 4.94. The fourth-order valence-corrected chi connectivity index (χ4v) is 2.03. The Hall–Kier alpha value is -1.96. The fraction of sp³-hybridized carbons (Fsp3) is 0.667. The fourth-order valence-electron chi connectivity index (χ4n) is 2.03. The van der Waals surface area contributed by atoms with Gasteiger partial charge in [0.15, 0.2) is 11.4 Å². The topological polar surface area (TPSA) is 97.6 Å². The molecule has 2 rings (SSSR count). The SMILES string of the molecule is CC(=O)N1CCOC(C)(C(=O)NCc2nc(C)no2)C1. The van der Waals surface area contributed by atoms with Gasteiger partial charge in [-0.1, -0.05) is 5.16 Å². The lowest BCUT2D eigenvalue weighted by Crippen LogP contribution is -2.58. The molecule has 2 heterocycles. The van der Waals surface area contributed by atoms with Crippen molar-refractivity contribution in [3.63, 3.8) is 0 Å². The van der Waals surface area contributed by atoms with Crippen LogP contribution in [0.2, 0.25) is 0 Å². The highest BCUT2D eigenvalue weighted by molar-refractivity contribution is 5.86. The first kappa shape index (κ1) is 14.4. The Morgan fingerprint density at radius 3 is 2.85 bits per heavy atom. The molecule has 0 bridgehead atoms. The van der Waals surface area contributed by atoms with Gasteiger partial charge in [-0.2, -0.15) is 4.98 Å². The van der Waals surface area contributed by atoms with E-state index < -0.39 is 5.60 Å². The zero-order valence-corrected chi connectivity index (χ0v) is 11.8. The number of amides is 2. The summed E-state index contributed by atoms with van der Waals surface area (Å²) < 4.78 is 10.4. The molecule has 8 heteroatoms. The third kappa shape index (κ3) is 3.13. The lowest BCUT2D eigenvalue weighted by Gasteiger charge is -2.38. The maximum absolute atomic E-state index is 12.2. The molecule has 1 N–H and O–H groups in total. The number of carbonyl (C=O) groups excluding carboxylic acids is 2. The van der Waals surface area contributed by atoms with Crippen LogP contribution in [0, 0.1) is 6.92 Å². The average molecular weight is 282 g/mol. The number of rotatable bonds is 3. The highest BCUT2D eigenvalue weighted by Crippen LogP contribution is 2.18. The maximum atomic E-state index is 12.2. The van der Waals surface area contributed by atoms with Gasteiger partial charge in [0, 0.05) is 13.5 Å². The van der Waals surface area contributed by atoms with Crippen LogP contribution in [-0.2, 0) is 20.9 Å². The van der Waals surface area contributed by atoms with E-state index in [1.54, 1.807) is 18.7 Å². The Labute approximate surface area is 116 Å². The number of hydrogen-bond donors (Lipinski definition) is 1. The van der Waals surface area contributed by atoms with Crippen LogP contribution in [0.3, 0.4) is 0 Å². The Morgan fingerprint density at radius 1 is 1.50 bits per heavy atom. The van der Waals surface area contributed by atoms with Gasteiger partial charge in [0.05, 0.1) is 19.7 Å². The molecule has 0 spiro atoms. The molecule has 1 saturated heterocycles. The second-order valence-corrected chi connectivity index (χ2v) is 4.94.